The van der Waals surface area contributed by atoms with Crippen LogP contribution in [0.2, 0.25) is 5.02 Å². The Morgan fingerprint density at radius 1 is 1.37 bits per heavy atom. The van der Waals surface area contributed by atoms with E-state index < -0.39 is 0 Å². The predicted molar refractivity (Wildman–Crippen MR) is 81.8 cm³/mol. The molecule has 1 aliphatic carbocycles. The van der Waals surface area contributed by atoms with Crippen LogP contribution in [0.3, 0.4) is 0 Å². The molecule has 1 fully saturated rings. The summed E-state index contributed by atoms with van der Waals surface area (Å²) >= 11 is 6.13. The Bertz CT molecular complexity index is 582. The van der Waals surface area contributed by atoms with Crippen LogP contribution in [-0.4, -0.2) is 10.6 Å². The third-order valence-corrected chi connectivity index (χ3v) is 4.36. The maximum absolute atomic E-state index is 6.13. The van der Waals surface area contributed by atoms with Gasteiger partial charge in [-0.2, -0.15) is 0 Å². The molecule has 1 saturated carbocycles. The molecule has 0 atom stereocenters. The van der Waals surface area contributed by atoms with Crippen molar-refractivity contribution in [2.45, 2.75) is 51.7 Å². The molecule has 0 amide bonds. The Morgan fingerprint density at radius 3 is 2.79 bits per heavy atom. The SMILES string of the molecule is CC(C)n1cc(CNC2CCC2)c2ccc(Cl)cc21. The molecule has 3 heteroatoms. The van der Waals surface area contributed by atoms with E-state index in [9.17, 15) is 0 Å². The number of benzene rings is 1. The van der Waals surface area contributed by atoms with Crippen LogP contribution in [-0.2, 0) is 6.54 Å². The van der Waals surface area contributed by atoms with Crippen molar-refractivity contribution in [3.63, 3.8) is 0 Å². The fourth-order valence-corrected chi connectivity index (χ4v) is 2.90. The molecule has 19 heavy (non-hydrogen) atoms. The molecule has 2 aromatic rings. The summed E-state index contributed by atoms with van der Waals surface area (Å²) in [6.07, 6.45) is 6.31. The first-order valence-corrected chi connectivity index (χ1v) is 7.55. The quantitative estimate of drug-likeness (QED) is 0.869. The van der Waals surface area contributed by atoms with Crippen LogP contribution in [0, 0.1) is 0 Å². The van der Waals surface area contributed by atoms with Gasteiger partial charge in [-0.1, -0.05) is 24.1 Å². The van der Waals surface area contributed by atoms with E-state index >= 15 is 0 Å². The molecule has 1 aliphatic rings. The zero-order chi connectivity index (χ0) is 13.4. The minimum atomic E-state index is 0.457. The predicted octanol–water partition coefficient (Wildman–Crippen LogP) is 4.52. The van der Waals surface area contributed by atoms with Crippen molar-refractivity contribution in [3.05, 3.63) is 35.0 Å². The number of fused-ring (bicyclic) bond motifs is 1. The first-order valence-electron chi connectivity index (χ1n) is 7.17. The number of nitrogens with zero attached hydrogens (tertiary/aromatic N) is 1. The molecule has 0 bridgehead atoms. The second-order valence-electron chi connectivity index (χ2n) is 5.83. The van der Waals surface area contributed by atoms with Crippen molar-refractivity contribution < 1.29 is 0 Å². The Balaban J connectivity index is 1.94. The molecular formula is C16H21ClN2. The van der Waals surface area contributed by atoms with Gasteiger partial charge in [0.05, 0.1) is 5.52 Å². The van der Waals surface area contributed by atoms with Crippen LogP contribution in [0.1, 0.15) is 44.7 Å². The van der Waals surface area contributed by atoms with E-state index in [1.165, 1.54) is 35.7 Å². The largest absolute Gasteiger partial charge is 0.345 e. The van der Waals surface area contributed by atoms with Gasteiger partial charge in [-0.05, 0) is 44.4 Å². The average Bonchev–Trinajstić information content (AvgIpc) is 2.65. The van der Waals surface area contributed by atoms with Crippen LogP contribution in [0.25, 0.3) is 10.9 Å². The highest BCUT2D eigenvalue weighted by Gasteiger charge is 2.17. The molecule has 1 aromatic carbocycles. The van der Waals surface area contributed by atoms with Crippen molar-refractivity contribution in [2.75, 3.05) is 0 Å². The summed E-state index contributed by atoms with van der Waals surface area (Å²) in [5.74, 6) is 0. The van der Waals surface area contributed by atoms with E-state index in [-0.39, 0.29) is 0 Å². The lowest BCUT2D eigenvalue weighted by Gasteiger charge is -2.26. The smallest absolute Gasteiger partial charge is 0.0501 e. The molecule has 0 radical (unpaired) electrons. The normalized spacial score (nSPS) is 16.2. The molecular weight excluding hydrogens is 256 g/mol. The third kappa shape index (κ3) is 2.52. The summed E-state index contributed by atoms with van der Waals surface area (Å²) in [6.45, 7) is 5.38. The van der Waals surface area contributed by atoms with Crippen molar-refractivity contribution in [3.8, 4) is 0 Å². The third-order valence-electron chi connectivity index (χ3n) is 4.12. The topological polar surface area (TPSA) is 17.0 Å². The van der Waals surface area contributed by atoms with E-state index in [1.807, 2.05) is 6.07 Å². The number of halogens is 1. The lowest BCUT2D eigenvalue weighted by molar-refractivity contribution is 0.338. The molecule has 0 spiro atoms. The molecule has 1 heterocycles. The van der Waals surface area contributed by atoms with Gasteiger partial charge in [0.25, 0.3) is 0 Å². The number of hydrogen-bond donors (Lipinski definition) is 1. The van der Waals surface area contributed by atoms with Crippen molar-refractivity contribution in [1.82, 2.24) is 9.88 Å². The maximum Gasteiger partial charge on any atom is 0.0501 e. The first-order chi connectivity index (χ1) is 9.15. The molecule has 1 aromatic heterocycles. The monoisotopic (exact) mass is 276 g/mol. The van der Waals surface area contributed by atoms with Crippen LogP contribution in [0.4, 0.5) is 0 Å². The van der Waals surface area contributed by atoms with Crippen LogP contribution < -0.4 is 5.32 Å². The highest BCUT2D eigenvalue weighted by molar-refractivity contribution is 6.31. The summed E-state index contributed by atoms with van der Waals surface area (Å²) in [5, 5.41) is 5.78. The van der Waals surface area contributed by atoms with Gasteiger partial charge >= 0.3 is 0 Å². The second kappa shape index (κ2) is 5.18. The minimum absolute atomic E-state index is 0.457. The maximum atomic E-state index is 6.13. The summed E-state index contributed by atoms with van der Waals surface area (Å²) in [6, 6.07) is 7.39. The van der Waals surface area contributed by atoms with Gasteiger partial charge in [0.15, 0.2) is 0 Å². The van der Waals surface area contributed by atoms with Gasteiger partial charge in [-0.3, -0.25) is 0 Å². The van der Waals surface area contributed by atoms with Crippen molar-refractivity contribution in [2.24, 2.45) is 0 Å². The molecule has 0 aliphatic heterocycles. The Labute approximate surface area is 119 Å². The van der Waals surface area contributed by atoms with Gasteiger partial charge in [0, 0.05) is 35.2 Å². The highest BCUT2D eigenvalue weighted by Crippen LogP contribution is 2.28. The molecule has 3 rings (SSSR count). The van der Waals surface area contributed by atoms with E-state index in [4.69, 9.17) is 11.6 Å². The van der Waals surface area contributed by atoms with Gasteiger partial charge in [0.1, 0.15) is 0 Å². The van der Waals surface area contributed by atoms with E-state index in [1.54, 1.807) is 0 Å². The number of aromatic nitrogens is 1. The first kappa shape index (κ1) is 13.0. The summed E-state index contributed by atoms with van der Waals surface area (Å²) < 4.78 is 2.32. The summed E-state index contributed by atoms with van der Waals surface area (Å²) in [7, 11) is 0. The number of nitrogens with one attached hydrogen (secondary N) is 1. The molecule has 0 unspecified atom stereocenters. The zero-order valence-electron chi connectivity index (χ0n) is 11.6. The molecule has 2 nitrogen and oxygen atoms in total. The summed E-state index contributed by atoms with van der Waals surface area (Å²) in [4.78, 5) is 0. The second-order valence-corrected chi connectivity index (χ2v) is 6.26. The lowest BCUT2D eigenvalue weighted by atomic mass is 9.93. The van der Waals surface area contributed by atoms with Gasteiger partial charge in [-0.15, -0.1) is 0 Å². The van der Waals surface area contributed by atoms with E-state index in [2.05, 4.69) is 42.1 Å². The molecule has 102 valence electrons. The fourth-order valence-electron chi connectivity index (χ4n) is 2.73. The lowest BCUT2D eigenvalue weighted by Crippen LogP contribution is -2.34. The van der Waals surface area contributed by atoms with Crippen LogP contribution in [0.5, 0.6) is 0 Å². The highest BCUT2D eigenvalue weighted by atomic mass is 35.5. The zero-order valence-corrected chi connectivity index (χ0v) is 12.4. The molecule has 1 N–H and O–H groups in total. The Kier molecular flexibility index (Phi) is 3.55. The standard InChI is InChI=1S/C16H21ClN2/c1-11(2)19-10-12(9-18-14-4-3-5-14)15-7-6-13(17)8-16(15)19/h6-8,10-11,14,18H,3-5,9H2,1-2H3. The van der Waals surface area contributed by atoms with Crippen molar-refractivity contribution >= 4 is 22.5 Å². The fraction of sp³-hybridized carbons (Fsp3) is 0.500. The number of rotatable bonds is 4. The van der Waals surface area contributed by atoms with Gasteiger partial charge in [0.2, 0.25) is 0 Å². The van der Waals surface area contributed by atoms with Crippen LogP contribution >= 0.6 is 11.6 Å². The molecule has 0 saturated heterocycles. The minimum Gasteiger partial charge on any atom is -0.345 e. The van der Waals surface area contributed by atoms with E-state index in [0.29, 0.717) is 6.04 Å². The average molecular weight is 277 g/mol. The van der Waals surface area contributed by atoms with Gasteiger partial charge < -0.3 is 9.88 Å². The van der Waals surface area contributed by atoms with Crippen LogP contribution in [0.15, 0.2) is 24.4 Å². The van der Waals surface area contributed by atoms with E-state index in [0.717, 1.165) is 17.6 Å². The van der Waals surface area contributed by atoms with Gasteiger partial charge in [-0.25, -0.2) is 0 Å². The summed E-state index contributed by atoms with van der Waals surface area (Å²) in [5.41, 5.74) is 2.63. The van der Waals surface area contributed by atoms with Crippen molar-refractivity contribution in [1.29, 1.82) is 0 Å². The number of hydrogen-bond acceptors (Lipinski definition) is 1. The Hall–Kier alpha value is -0.990. The Morgan fingerprint density at radius 2 is 2.16 bits per heavy atom.